The smallest absolute Gasteiger partial charge is 0.0795 e. The van der Waals surface area contributed by atoms with E-state index in [1.807, 2.05) is 36.5 Å². The molecule has 0 fully saturated rings. The van der Waals surface area contributed by atoms with Gasteiger partial charge in [0.2, 0.25) is 0 Å². The van der Waals surface area contributed by atoms with Crippen LogP contribution in [0.2, 0.25) is 19.6 Å². The number of hydrogen-bond acceptors (Lipinski definition) is 4. The Kier molecular flexibility index (Phi) is 8.21. The van der Waals surface area contributed by atoms with Crippen molar-refractivity contribution < 1.29 is 25.6 Å². The van der Waals surface area contributed by atoms with Crippen LogP contribution in [-0.4, -0.2) is 18.0 Å². The van der Waals surface area contributed by atoms with Crippen LogP contribution in [-0.2, 0) is 20.1 Å². The zero-order valence-corrected chi connectivity index (χ0v) is 31.9. The van der Waals surface area contributed by atoms with E-state index in [1.54, 1.807) is 42.6 Å². The summed E-state index contributed by atoms with van der Waals surface area (Å²) >= 11 is 3.42. The van der Waals surface area contributed by atoms with Crippen molar-refractivity contribution >= 4 is 76.3 Å². The van der Waals surface area contributed by atoms with Gasteiger partial charge in [0.25, 0.3) is 0 Å². The molecule has 47 heavy (non-hydrogen) atoms. The molecule has 6 heteroatoms. The minimum Gasteiger partial charge on any atom is -0.305 e. The Labute approximate surface area is 305 Å². The first-order valence-electron chi connectivity index (χ1n) is 17.3. The van der Waals surface area contributed by atoms with Crippen molar-refractivity contribution in [3.8, 4) is 22.5 Å². The average Bonchev–Trinajstić information content (AvgIpc) is 3.65. The molecule has 0 amide bonds. The number of thiophene rings is 2. The molecule has 1 radical (unpaired) electrons. The Bertz CT molecular complexity index is 2500. The van der Waals surface area contributed by atoms with Crippen LogP contribution in [0.3, 0.4) is 0 Å². The molecule has 0 saturated heterocycles. The minimum absolute atomic E-state index is 0. The SMILES string of the molecule is C[Si](C)(C)c1ccc(-c2[c-]cccc2)nc1.[2H]C([2H])([2H])c1cnc(-c2[c-]c3sc4ccccc4c3c3c2sc2ccccc23)cc1C([2H])(C)C.[Ir]. The van der Waals surface area contributed by atoms with Crippen LogP contribution in [0.25, 0.3) is 62.9 Å². The molecule has 8 rings (SSSR count). The van der Waals surface area contributed by atoms with Gasteiger partial charge in [-0.2, -0.15) is 22.7 Å². The molecular weight excluding hydrogens is 805 g/mol. The third kappa shape index (κ3) is 6.50. The van der Waals surface area contributed by atoms with Gasteiger partial charge in [0.05, 0.1) is 8.07 Å². The van der Waals surface area contributed by atoms with E-state index >= 15 is 0 Å². The van der Waals surface area contributed by atoms with Crippen LogP contribution in [0.4, 0.5) is 0 Å². The topological polar surface area (TPSA) is 25.8 Å². The van der Waals surface area contributed by atoms with Crippen LogP contribution >= 0.6 is 22.7 Å². The molecular formula is C41H36IrN2S2Si-2. The van der Waals surface area contributed by atoms with Gasteiger partial charge < -0.3 is 9.97 Å². The zero-order chi connectivity index (χ0) is 35.4. The molecule has 2 nitrogen and oxygen atoms in total. The minimum atomic E-state index is -2.33. The van der Waals surface area contributed by atoms with E-state index in [2.05, 4.69) is 96.3 Å². The molecule has 8 aromatic rings. The Morgan fingerprint density at radius 3 is 2.11 bits per heavy atom. The third-order valence-corrected chi connectivity index (χ3v) is 12.5. The Morgan fingerprint density at radius 1 is 0.787 bits per heavy atom. The van der Waals surface area contributed by atoms with Gasteiger partial charge in [-0.1, -0.05) is 98.9 Å². The van der Waals surface area contributed by atoms with Crippen LogP contribution in [0, 0.1) is 19.0 Å². The number of benzene rings is 4. The second kappa shape index (κ2) is 13.5. The number of aryl methyl sites for hydroxylation is 1. The normalized spacial score (nSPS) is 13.4. The summed E-state index contributed by atoms with van der Waals surface area (Å²) in [6.07, 6.45) is 3.44. The van der Waals surface area contributed by atoms with E-state index in [1.165, 1.54) is 42.3 Å². The number of rotatable bonds is 4. The van der Waals surface area contributed by atoms with Crippen molar-refractivity contribution in [3.05, 3.63) is 127 Å². The van der Waals surface area contributed by atoms with Crippen molar-refractivity contribution in [1.29, 1.82) is 0 Å². The van der Waals surface area contributed by atoms with Crippen molar-refractivity contribution in [3.63, 3.8) is 0 Å². The number of pyridine rings is 2. The second-order valence-electron chi connectivity index (χ2n) is 12.7. The quantitative estimate of drug-likeness (QED) is 0.130. The summed E-state index contributed by atoms with van der Waals surface area (Å²) in [7, 11) is -1.23. The molecule has 0 N–H and O–H groups in total. The molecule has 0 spiro atoms. The first kappa shape index (κ1) is 28.5. The van der Waals surface area contributed by atoms with Gasteiger partial charge >= 0.3 is 0 Å². The number of fused-ring (bicyclic) bond motifs is 7. The molecule has 237 valence electrons. The summed E-state index contributed by atoms with van der Waals surface area (Å²) < 4.78 is 37.0. The fraction of sp³-hybridized carbons (Fsp3) is 0.171. The Morgan fingerprint density at radius 2 is 1.47 bits per heavy atom. The summed E-state index contributed by atoms with van der Waals surface area (Å²) in [4.78, 5) is 9.13. The van der Waals surface area contributed by atoms with Crippen LogP contribution in [0.1, 0.15) is 36.4 Å². The summed E-state index contributed by atoms with van der Waals surface area (Å²) in [5.41, 5.74) is 4.17. The van der Waals surface area contributed by atoms with Gasteiger partial charge in [-0.15, -0.1) is 47.5 Å². The molecule has 0 bridgehead atoms. The maximum Gasteiger partial charge on any atom is 0.0795 e. The third-order valence-electron chi connectivity index (χ3n) is 8.22. The van der Waals surface area contributed by atoms with Gasteiger partial charge in [-0.3, -0.25) is 0 Å². The van der Waals surface area contributed by atoms with Crippen LogP contribution < -0.4 is 5.19 Å². The van der Waals surface area contributed by atoms with E-state index in [4.69, 9.17) is 5.48 Å². The molecule has 0 aliphatic rings. The van der Waals surface area contributed by atoms with E-state index < -0.39 is 20.8 Å². The summed E-state index contributed by atoms with van der Waals surface area (Å²) in [5.74, 6) is -1.08. The van der Waals surface area contributed by atoms with Crippen LogP contribution in [0.5, 0.6) is 0 Å². The van der Waals surface area contributed by atoms with Gasteiger partial charge in [-0.25, -0.2) is 0 Å². The largest absolute Gasteiger partial charge is 0.305 e. The molecule has 0 saturated carbocycles. The molecule has 0 unspecified atom stereocenters. The first-order chi connectivity index (χ1) is 23.7. The van der Waals surface area contributed by atoms with Gasteiger partial charge in [0, 0.05) is 47.4 Å². The maximum absolute atomic E-state index is 8.62. The molecule has 0 aliphatic carbocycles. The van der Waals surface area contributed by atoms with Crippen molar-refractivity contribution in [2.24, 2.45) is 0 Å². The number of aromatic nitrogens is 2. The van der Waals surface area contributed by atoms with E-state index in [-0.39, 0.29) is 25.7 Å². The zero-order valence-electron chi connectivity index (χ0n) is 30.9. The average molecular weight is 845 g/mol. The standard InChI is InChI=1S/C27H20NS2.C14H16NSi.Ir/c1-15(2)19-12-21(28-14-16(19)3)20-13-24-25(17-8-4-6-10-22(17)29-24)26-18-9-5-7-11-23(18)30-27(20)26;1-16(2,3)13-9-10-14(15-11-13)12-7-5-4-6-8-12;/h4-12,14-15H,1-3H3;4-7,9-11H,1-3H3;/q2*-1;/i3D3,15D;;. The van der Waals surface area contributed by atoms with Crippen molar-refractivity contribution in [2.45, 2.75) is 46.2 Å². The summed E-state index contributed by atoms with van der Waals surface area (Å²) in [6, 6.07) is 37.7. The first-order valence-corrected chi connectivity index (χ1v) is 20.5. The van der Waals surface area contributed by atoms with Gasteiger partial charge in [0.15, 0.2) is 0 Å². The second-order valence-corrected chi connectivity index (χ2v) is 19.9. The number of nitrogens with zero attached hydrogens (tertiary/aromatic N) is 2. The van der Waals surface area contributed by atoms with Crippen molar-refractivity contribution in [2.75, 3.05) is 0 Å². The molecule has 4 aromatic carbocycles. The predicted molar refractivity (Wildman–Crippen MR) is 205 cm³/mol. The Balaban J connectivity index is 0.000000222. The fourth-order valence-corrected chi connectivity index (χ4v) is 9.12. The molecule has 4 heterocycles. The Hall–Kier alpha value is -3.51. The van der Waals surface area contributed by atoms with E-state index in [9.17, 15) is 0 Å². The molecule has 0 atom stereocenters. The van der Waals surface area contributed by atoms with Crippen LogP contribution in [0.15, 0.2) is 103 Å². The van der Waals surface area contributed by atoms with Gasteiger partial charge in [0.1, 0.15) is 0 Å². The summed E-state index contributed by atoms with van der Waals surface area (Å²) in [5, 5.41) is 6.21. The molecule has 0 aliphatic heterocycles. The maximum atomic E-state index is 8.62. The van der Waals surface area contributed by atoms with Gasteiger partial charge in [-0.05, 0) is 72.8 Å². The van der Waals surface area contributed by atoms with E-state index in [0.29, 0.717) is 11.3 Å². The van der Waals surface area contributed by atoms with Crippen molar-refractivity contribution in [1.82, 2.24) is 9.97 Å². The molecule has 4 aromatic heterocycles. The monoisotopic (exact) mass is 845 g/mol. The van der Waals surface area contributed by atoms with E-state index in [0.717, 1.165) is 26.2 Å². The predicted octanol–water partition coefficient (Wildman–Crippen LogP) is 11.8. The fourth-order valence-electron chi connectivity index (χ4n) is 5.76. The summed E-state index contributed by atoms with van der Waals surface area (Å²) in [6.45, 7) is 8.10. The number of hydrogen-bond donors (Lipinski definition) is 0.